The normalized spacial score (nSPS) is 14.1. The first-order chi connectivity index (χ1) is 9.78. The Kier molecular flexibility index (Phi) is 3.82. The van der Waals surface area contributed by atoms with Gasteiger partial charge in [-0.2, -0.15) is 0 Å². The van der Waals surface area contributed by atoms with E-state index in [1.165, 1.54) is 17.7 Å². The Morgan fingerprint density at radius 1 is 1.45 bits per heavy atom. The number of nitrogens with one attached hydrogen (secondary N) is 1. The van der Waals surface area contributed by atoms with Crippen molar-refractivity contribution in [3.05, 3.63) is 33.8 Å². The number of carbonyl (C=O) groups excluding carboxylic acids is 1. The lowest BCUT2D eigenvalue weighted by Crippen LogP contribution is -2.24. The first-order valence-electron chi connectivity index (χ1n) is 7.03. The summed E-state index contributed by atoms with van der Waals surface area (Å²) in [6, 6.07) is 0. The van der Waals surface area contributed by atoms with Crippen LogP contribution in [-0.4, -0.2) is 20.4 Å². The number of thiazole rings is 1. The van der Waals surface area contributed by atoms with Gasteiger partial charge in [-0.25, -0.2) is 9.97 Å². The molecule has 0 aliphatic heterocycles. The number of fused-ring (bicyclic) bond motifs is 1. The summed E-state index contributed by atoms with van der Waals surface area (Å²) in [5.74, 6) is -0.0757. The molecule has 106 valence electrons. The molecule has 0 fully saturated rings. The number of aryl methyl sites for hydroxylation is 3. The quantitative estimate of drug-likeness (QED) is 0.938. The second kappa shape index (κ2) is 5.75. The number of carbonyl (C=O) groups is 1. The Balaban J connectivity index is 1.66. The van der Waals surface area contributed by atoms with Crippen molar-refractivity contribution in [1.29, 1.82) is 0 Å². The Morgan fingerprint density at radius 3 is 3.10 bits per heavy atom. The highest BCUT2D eigenvalue weighted by Crippen LogP contribution is 2.26. The van der Waals surface area contributed by atoms with E-state index in [1.54, 1.807) is 23.9 Å². The molecule has 0 saturated carbocycles. The molecule has 2 aromatic rings. The van der Waals surface area contributed by atoms with Crippen LogP contribution in [0.2, 0.25) is 0 Å². The molecule has 0 spiro atoms. The van der Waals surface area contributed by atoms with Crippen LogP contribution in [0, 0.1) is 0 Å². The minimum absolute atomic E-state index is 0.0757. The molecule has 6 heteroatoms. The molecule has 0 unspecified atom stereocenters. The molecule has 1 N–H and O–H groups in total. The van der Waals surface area contributed by atoms with Gasteiger partial charge in [0.2, 0.25) is 0 Å². The Bertz CT molecular complexity index is 593. The van der Waals surface area contributed by atoms with Gasteiger partial charge in [-0.05, 0) is 32.6 Å². The van der Waals surface area contributed by atoms with E-state index in [1.807, 2.05) is 4.57 Å². The maximum absolute atomic E-state index is 12.2. The van der Waals surface area contributed by atoms with Crippen LogP contribution in [0.15, 0.2) is 12.5 Å². The molecule has 20 heavy (non-hydrogen) atoms. The molecule has 0 saturated heterocycles. The summed E-state index contributed by atoms with van der Waals surface area (Å²) < 4.78 is 2.02. The lowest BCUT2D eigenvalue weighted by atomic mass is 10.0. The lowest BCUT2D eigenvalue weighted by molar-refractivity contribution is 0.0949. The van der Waals surface area contributed by atoms with Gasteiger partial charge < -0.3 is 9.88 Å². The van der Waals surface area contributed by atoms with Crippen LogP contribution in [0.3, 0.4) is 0 Å². The van der Waals surface area contributed by atoms with Gasteiger partial charge in [0.15, 0.2) is 5.01 Å². The van der Waals surface area contributed by atoms with E-state index >= 15 is 0 Å². The molecular weight excluding hydrogens is 272 g/mol. The van der Waals surface area contributed by atoms with Crippen molar-refractivity contribution in [2.24, 2.45) is 0 Å². The van der Waals surface area contributed by atoms with E-state index in [2.05, 4.69) is 22.2 Å². The van der Waals surface area contributed by atoms with E-state index in [0.29, 0.717) is 11.6 Å². The topological polar surface area (TPSA) is 59.8 Å². The van der Waals surface area contributed by atoms with Gasteiger partial charge in [0.05, 0.1) is 24.3 Å². The van der Waals surface area contributed by atoms with Gasteiger partial charge in [0.25, 0.3) is 5.91 Å². The third kappa shape index (κ3) is 2.60. The fourth-order valence-corrected chi connectivity index (χ4v) is 3.54. The Labute approximate surface area is 122 Å². The van der Waals surface area contributed by atoms with Gasteiger partial charge in [-0.1, -0.05) is 0 Å². The van der Waals surface area contributed by atoms with E-state index in [-0.39, 0.29) is 5.91 Å². The van der Waals surface area contributed by atoms with Gasteiger partial charge in [0, 0.05) is 17.6 Å². The van der Waals surface area contributed by atoms with Crippen LogP contribution in [0.25, 0.3) is 0 Å². The molecular formula is C14H18N4OS. The van der Waals surface area contributed by atoms with Crippen molar-refractivity contribution in [3.63, 3.8) is 0 Å². The number of nitrogens with zero attached hydrogens (tertiary/aromatic N) is 3. The van der Waals surface area contributed by atoms with Crippen molar-refractivity contribution >= 4 is 17.2 Å². The number of rotatable bonds is 4. The molecule has 3 rings (SSSR count). The molecule has 2 heterocycles. The zero-order valence-electron chi connectivity index (χ0n) is 11.6. The predicted molar refractivity (Wildman–Crippen MR) is 77.8 cm³/mol. The fourth-order valence-electron chi connectivity index (χ4n) is 2.48. The van der Waals surface area contributed by atoms with Crippen molar-refractivity contribution < 1.29 is 4.79 Å². The average molecular weight is 290 g/mol. The van der Waals surface area contributed by atoms with Crippen LogP contribution in [0.1, 0.15) is 45.8 Å². The van der Waals surface area contributed by atoms with Gasteiger partial charge in [-0.15, -0.1) is 11.3 Å². The molecule has 1 aliphatic carbocycles. The molecule has 2 aromatic heterocycles. The standard InChI is InChI=1S/C14H18N4OS/c1-2-18-9-15-7-10(18)8-16-13(19)14-17-11-5-3-4-6-12(11)20-14/h7,9H,2-6,8H2,1H3,(H,16,19). The van der Waals surface area contributed by atoms with Crippen molar-refractivity contribution in [2.45, 2.75) is 45.7 Å². The van der Waals surface area contributed by atoms with Crippen molar-refractivity contribution in [3.8, 4) is 0 Å². The summed E-state index contributed by atoms with van der Waals surface area (Å²) in [6.45, 7) is 3.41. The smallest absolute Gasteiger partial charge is 0.280 e. The summed E-state index contributed by atoms with van der Waals surface area (Å²) in [5.41, 5.74) is 2.15. The van der Waals surface area contributed by atoms with E-state index < -0.39 is 0 Å². The molecule has 0 aromatic carbocycles. The SMILES string of the molecule is CCn1cncc1CNC(=O)c1nc2c(s1)CCCC2. The highest BCUT2D eigenvalue weighted by molar-refractivity contribution is 7.13. The minimum atomic E-state index is -0.0757. The highest BCUT2D eigenvalue weighted by atomic mass is 32.1. The molecule has 0 bridgehead atoms. The van der Waals surface area contributed by atoms with Crippen molar-refractivity contribution in [2.75, 3.05) is 0 Å². The summed E-state index contributed by atoms with van der Waals surface area (Å²) in [6.07, 6.45) is 8.06. The Hall–Kier alpha value is -1.69. The van der Waals surface area contributed by atoms with Crippen molar-refractivity contribution in [1.82, 2.24) is 19.9 Å². The monoisotopic (exact) mass is 290 g/mol. The van der Waals surface area contributed by atoms with Gasteiger partial charge >= 0.3 is 0 Å². The third-order valence-corrected chi connectivity index (χ3v) is 4.77. The number of imidazole rings is 1. The largest absolute Gasteiger partial charge is 0.344 e. The summed E-state index contributed by atoms with van der Waals surface area (Å²) in [4.78, 5) is 22.0. The number of hydrogen-bond donors (Lipinski definition) is 1. The maximum Gasteiger partial charge on any atom is 0.280 e. The first kappa shape index (κ1) is 13.3. The van der Waals surface area contributed by atoms with Crippen LogP contribution >= 0.6 is 11.3 Å². The number of hydrogen-bond acceptors (Lipinski definition) is 4. The van der Waals surface area contributed by atoms with Crippen LogP contribution < -0.4 is 5.32 Å². The fraction of sp³-hybridized carbons (Fsp3) is 0.500. The summed E-state index contributed by atoms with van der Waals surface area (Å²) >= 11 is 1.55. The van der Waals surface area contributed by atoms with Crippen LogP contribution in [0.4, 0.5) is 0 Å². The van der Waals surface area contributed by atoms with Gasteiger partial charge in [0.1, 0.15) is 0 Å². The summed E-state index contributed by atoms with van der Waals surface area (Å²) in [5, 5.41) is 3.53. The summed E-state index contributed by atoms with van der Waals surface area (Å²) in [7, 11) is 0. The lowest BCUT2D eigenvalue weighted by Gasteiger charge is -2.06. The molecule has 1 aliphatic rings. The molecule has 0 radical (unpaired) electrons. The average Bonchev–Trinajstić information content (AvgIpc) is 3.10. The molecule has 0 atom stereocenters. The molecule has 5 nitrogen and oxygen atoms in total. The van der Waals surface area contributed by atoms with Crippen LogP contribution in [0.5, 0.6) is 0 Å². The minimum Gasteiger partial charge on any atom is -0.344 e. The number of amides is 1. The second-order valence-electron chi connectivity index (χ2n) is 4.95. The molecule has 1 amide bonds. The van der Waals surface area contributed by atoms with E-state index in [4.69, 9.17) is 0 Å². The highest BCUT2D eigenvalue weighted by Gasteiger charge is 2.19. The second-order valence-corrected chi connectivity index (χ2v) is 6.03. The van der Waals surface area contributed by atoms with Gasteiger partial charge in [-0.3, -0.25) is 4.79 Å². The maximum atomic E-state index is 12.2. The predicted octanol–water partition coefficient (Wildman–Crippen LogP) is 2.17. The van der Waals surface area contributed by atoms with Crippen LogP contribution in [-0.2, 0) is 25.9 Å². The first-order valence-corrected chi connectivity index (χ1v) is 7.85. The zero-order valence-corrected chi connectivity index (χ0v) is 12.4. The number of aromatic nitrogens is 3. The van der Waals surface area contributed by atoms with E-state index in [9.17, 15) is 4.79 Å². The third-order valence-electron chi connectivity index (χ3n) is 3.61. The Morgan fingerprint density at radius 2 is 2.30 bits per heavy atom. The van der Waals surface area contributed by atoms with E-state index in [0.717, 1.165) is 30.8 Å². The zero-order chi connectivity index (χ0) is 13.9.